The largest absolute Gasteiger partial charge is 0.265 e. The van der Waals surface area contributed by atoms with Crippen molar-refractivity contribution in [1.29, 1.82) is 0 Å². The topological polar surface area (TPSA) is 17.8 Å². The first-order valence-corrected chi connectivity index (χ1v) is 7.68. The Morgan fingerprint density at radius 3 is 2.84 bits per heavy atom. The van der Waals surface area contributed by atoms with Crippen molar-refractivity contribution in [3.05, 3.63) is 30.0 Å². The fourth-order valence-electron chi connectivity index (χ4n) is 3.34. The van der Waals surface area contributed by atoms with Crippen LogP contribution in [0.25, 0.3) is 10.9 Å². The third-order valence-electron chi connectivity index (χ3n) is 4.92. The molecule has 2 atom stereocenters. The van der Waals surface area contributed by atoms with Crippen LogP contribution >= 0.6 is 0 Å². The summed E-state index contributed by atoms with van der Waals surface area (Å²) in [4.78, 5) is 0. The van der Waals surface area contributed by atoms with E-state index >= 15 is 0 Å². The minimum atomic E-state index is 0.800. The number of hydrogen-bond acceptors (Lipinski definition) is 1. The summed E-state index contributed by atoms with van der Waals surface area (Å²) in [5.41, 5.74) is 2.88. The smallest absolute Gasteiger partial charge is 0.0685 e. The van der Waals surface area contributed by atoms with E-state index in [0.29, 0.717) is 0 Å². The number of aromatic nitrogens is 2. The first-order chi connectivity index (χ1) is 9.22. The second kappa shape index (κ2) is 4.09. The van der Waals surface area contributed by atoms with Crippen LogP contribution in [-0.4, -0.2) is 9.78 Å². The minimum absolute atomic E-state index is 0.800. The first-order valence-electron chi connectivity index (χ1n) is 7.68. The maximum atomic E-state index is 4.57. The molecule has 0 unspecified atom stereocenters. The SMILES string of the molecule is CC(C)[C@H]1C[C@@H]1c1ccc2cnn(CC3CC3)c2c1. The van der Waals surface area contributed by atoms with Gasteiger partial charge in [0, 0.05) is 11.9 Å². The summed E-state index contributed by atoms with van der Waals surface area (Å²) in [5, 5.41) is 5.86. The van der Waals surface area contributed by atoms with E-state index in [4.69, 9.17) is 0 Å². The van der Waals surface area contributed by atoms with Gasteiger partial charge in [-0.15, -0.1) is 0 Å². The molecule has 4 rings (SSSR count). The van der Waals surface area contributed by atoms with E-state index in [1.165, 1.54) is 35.7 Å². The van der Waals surface area contributed by atoms with Crippen LogP contribution in [0.15, 0.2) is 24.4 Å². The zero-order valence-electron chi connectivity index (χ0n) is 11.8. The van der Waals surface area contributed by atoms with E-state index in [1.54, 1.807) is 0 Å². The van der Waals surface area contributed by atoms with E-state index < -0.39 is 0 Å². The summed E-state index contributed by atoms with van der Waals surface area (Å²) in [7, 11) is 0. The normalized spacial score (nSPS) is 26.3. The van der Waals surface area contributed by atoms with Crippen LogP contribution in [0.5, 0.6) is 0 Å². The molecule has 2 aromatic rings. The highest BCUT2D eigenvalue weighted by atomic mass is 15.3. The highest BCUT2D eigenvalue weighted by Crippen LogP contribution is 2.52. The molecule has 0 aliphatic heterocycles. The van der Waals surface area contributed by atoms with Gasteiger partial charge in [0.1, 0.15) is 0 Å². The standard InChI is InChI=1S/C17H22N2/c1-11(2)15-8-16(15)13-5-6-14-9-18-19(17(14)7-13)10-12-3-4-12/h5-7,9,11-12,15-16H,3-4,8,10H2,1-2H3/t15-,16-/m1/s1. The lowest BCUT2D eigenvalue weighted by molar-refractivity contribution is 0.548. The van der Waals surface area contributed by atoms with Gasteiger partial charge < -0.3 is 0 Å². The molecule has 19 heavy (non-hydrogen) atoms. The predicted octanol–water partition coefficient (Wildman–Crippen LogP) is 4.21. The summed E-state index contributed by atoms with van der Waals surface area (Å²) < 4.78 is 2.23. The molecular weight excluding hydrogens is 232 g/mol. The average Bonchev–Trinajstić information content (AvgIpc) is 3.28. The lowest BCUT2D eigenvalue weighted by atomic mass is 10.0. The molecule has 100 valence electrons. The number of benzene rings is 1. The van der Waals surface area contributed by atoms with Crippen LogP contribution in [0.1, 0.15) is 44.6 Å². The average molecular weight is 254 g/mol. The molecule has 2 aliphatic carbocycles. The molecule has 2 saturated carbocycles. The zero-order chi connectivity index (χ0) is 13.0. The second-order valence-electron chi connectivity index (χ2n) is 6.84. The maximum Gasteiger partial charge on any atom is 0.0685 e. The zero-order valence-corrected chi connectivity index (χ0v) is 11.8. The Labute approximate surface area is 114 Å². The Morgan fingerprint density at radius 1 is 1.32 bits per heavy atom. The summed E-state index contributed by atoms with van der Waals surface area (Å²) in [6.45, 7) is 5.81. The molecule has 1 heterocycles. The summed E-state index contributed by atoms with van der Waals surface area (Å²) in [6.07, 6.45) is 6.17. The van der Waals surface area contributed by atoms with Crippen LogP contribution in [0.2, 0.25) is 0 Å². The molecule has 1 aromatic carbocycles. The molecule has 0 amide bonds. The molecule has 0 N–H and O–H groups in total. The predicted molar refractivity (Wildman–Crippen MR) is 78.1 cm³/mol. The molecule has 0 saturated heterocycles. The van der Waals surface area contributed by atoms with E-state index in [2.05, 4.69) is 41.8 Å². The third kappa shape index (κ3) is 2.07. The van der Waals surface area contributed by atoms with Gasteiger partial charge >= 0.3 is 0 Å². The number of fused-ring (bicyclic) bond motifs is 1. The van der Waals surface area contributed by atoms with Crippen molar-refractivity contribution < 1.29 is 0 Å². The number of rotatable bonds is 4. The van der Waals surface area contributed by atoms with Gasteiger partial charge in [0.15, 0.2) is 0 Å². The van der Waals surface area contributed by atoms with Crippen LogP contribution in [0.4, 0.5) is 0 Å². The fourth-order valence-corrected chi connectivity index (χ4v) is 3.34. The lowest BCUT2D eigenvalue weighted by Crippen LogP contribution is -2.01. The van der Waals surface area contributed by atoms with Gasteiger partial charge in [-0.3, -0.25) is 4.68 Å². The van der Waals surface area contributed by atoms with Crippen molar-refractivity contribution in [3.8, 4) is 0 Å². The summed E-state index contributed by atoms with van der Waals surface area (Å²) >= 11 is 0. The van der Waals surface area contributed by atoms with Crippen LogP contribution < -0.4 is 0 Å². The van der Waals surface area contributed by atoms with Gasteiger partial charge in [-0.25, -0.2) is 0 Å². The molecule has 2 nitrogen and oxygen atoms in total. The van der Waals surface area contributed by atoms with E-state index in [-0.39, 0.29) is 0 Å². The second-order valence-corrected chi connectivity index (χ2v) is 6.84. The van der Waals surface area contributed by atoms with Crippen molar-refractivity contribution in [2.45, 2.75) is 45.6 Å². The van der Waals surface area contributed by atoms with Crippen molar-refractivity contribution in [1.82, 2.24) is 9.78 Å². The Hall–Kier alpha value is -1.31. The number of nitrogens with zero attached hydrogens (tertiary/aromatic N) is 2. The molecule has 2 heteroatoms. The Kier molecular flexibility index (Phi) is 2.48. The maximum absolute atomic E-state index is 4.57. The van der Waals surface area contributed by atoms with E-state index in [0.717, 1.165) is 30.2 Å². The van der Waals surface area contributed by atoms with Gasteiger partial charge in [0.05, 0.1) is 11.7 Å². The third-order valence-corrected chi connectivity index (χ3v) is 4.92. The molecule has 0 bridgehead atoms. The molecule has 0 radical (unpaired) electrons. The van der Waals surface area contributed by atoms with Gasteiger partial charge in [-0.05, 0) is 54.6 Å². The molecule has 0 spiro atoms. The van der Waals surface area contributed by atoms with Crippen molar-refractivity contribution >= 4 is 10.9 Å². The van der Waals surface area contributed by atoms with E-state index in [9.17, 15) is 0 Å². The van der Waals surface area contributed by atoms with Gasteiger partial charge in [-0.1, -0.05) is 26.0 Å². The summed E-state index contributed by atoms with van der Waals surface area (Å²) in [5.74, 6) is 3.40. The number of hydrogen-bond donors (Lipinski definition) is 0. The van der Waals surface area contributed by atoms with Gasteiger partial charge in [0.2, 0.25) is 0 Å². The van der Waals surface area contributed by atoms with Crippen LogP contribution in [0, 0.1) is 17.8 Å². The van der Waals surface area contributed by atoms with Gasteiger partial charge in [-0.2, -0.15) is 5.10 Å². The van der Waals surface area contributed by atoms with Gasteiger partial charge in [0.25, 0.3) is 0 Å². The Bertz CT molecular complexity index is 607. The molecule has 2 aliphatic rings. The Balaban J connectivity index is 1.65. The quantitative estimate of drug-likeness (QED) is 0.799. The Morgan fingerprint density at radius 2 is 2.16 bits per heavy atom. The fraction of sp³-hybridized carbons (Fsp3) is 0.588. The lowest BCUT2D eigenvalue weighted by Gasteiger charge is -2.06. The van der Waals surface area contributed by atoms with E-state index in [1.807, 2.05) is 6.20 Å². The highest BCUT2D eigenvalue weighted by molar-refractivity contribution is 5.79. The highest BCUT2D eigenvalue weighted by Gasteiger charge is 2.40. The van der Waals surface area contributed by atoms with Crippen LogP contribution in [0.3, 0.4) is 0 Å². The van der Waals surface area contributed by atoms with Crippen molar-refractivity contribution in [2.24, 2.45) is 17.8 Å². The van der Waals surface area contributed by atoms with Crippen molar-refractivity contribution in [3.63, 3.8) is 0 Å². The van der Waals surface area contributed by atoms with Crippen LogP contribution in [-0.2, 0) is 6.54 Å². The monoisotopic (exact) mass is 254 g/mol. The molecule has 1 aromatic heterocycles. The minimum Gasteiger partial charge on any atom is -0.265 e. The molecule has 2 fully saturated rings. The molecular formula is C17H22N2. The van der Waals surface area contributed by atoms with Crippen molar-refractivity contribution in [2.75, 3.05) is 0 Å². The summed E-state index contributed by atoms with van der Waals surface area (Å²) in [6, 6.07) is 6.98. The first kappa shape index (κ1) is 11.5.